The maximum atomic E-state index is 12.9. The molecular formula is C25H21N3O4S. The minimum absolute atomic E-state index is 0.148. The van der Waals surface area contributed by atoms with Gasteiger partial charge < -0.3 is 10.1 Å². The molecule has 0 aliphatic carbocycles. The highest BCUT2D eigenvalue weighted by Gasteiger charge is 2.12. The topological polar surface area (TPSA) is 90.3 Å². The molecule has 2 aromatic carbocycles. The molecule has 0 saturated carbocycles. The third-order valence-corrected chi connectivity index (χ3v) is 5.93. The standard InChI is InChI=1S/C25H21N3O4S/c1-2-32-23(30)13-10-17-8-11-19(12-9-17)27-22(29)15-28-16-26-20-14-21(33-24(20)25(28)31)18-6-4-3-5-7-18/h3-14,16H,2,15H2,1H3,(H,27,29)/b13-10+. The van der Waals surface area contributed by atoms with E-state index >= 15 is 0 Å². The van der Waals surface area contributed by atoms with Gasteiger partial charge in [0, 0.05) is 16.6 Å². The molecule has 0 spiro atoms. The third kappa shape index (κ3) is 5.42. The molecule has 4 rings (SSSR count). The summed E-state index contributed by atoms with van der Waals surface area (Å²) < 4.78 is 6.66. The zero-order valence-electron chi connectivity index (χ0n) is 17.9. The molecule has 0 atom stereocenters. The molecule has 1 amide bonds. The van der Waals surface area contributed by atoms with Crippen LogP contribution in [0.15, 0.2) is 77.9 Å². The van der Waals surface area contributed by atoms with E-state index in [1.165, 1.54) is 28.3 Å². The van der Waals surface area contributed by atoms with Crippen molar-refractivity contribution in [1.82, 2.24) is 9.55 Å². The van der Waals surface area contributed by atoms with Crippen LogP contribution in [-0.4, -0.2) is 28.0 Å². The summed E-state index contributed by atoms with van der Waals surface area (Å²) >= 11 is 1.37. The number of nitrogens with one attached hydrogen (secondary N) is 1. The first kappa shape index (κ1) is 22.2. The second-order valence-electron chi connectivity index (χ2n) is 7.12. The Labute approximate surface area is 194 Å². The summed E-state index contributed by atoms with van der Waals surface area (Å²) in [5, 5.41) is 2.77. The zero-order chi connectivity index (χ0) is 23.2. The van der Waals surface area contributed by atoms with Crippen molar-refractivity contribution in [1.29, 1.82) is 0 Å². The van der Waals surface area contributed by atoms with E-state index in [0.29, 0.717) is 22.5 Å². The number of esters is 1. The Morgan fingerprint density at radius 3 is 2.61 bits per heavy atom. The van der Waals surface area contributed by atoms with Crippen LogP contribution in [0.2, 0.25) is 0 Å². The monoisotopic (exact) mass is 459 g/mol. The van der Waals surface area contributed by atoms with Crippen molar-refractivity contribution in [3.8, 4) is 10.4 Å². The van der Waals surface area contributed by atoms with Crippen molar-refractivity contribution in [3.63, 3.8) is 0 Å². The summed E-state index contributed by atoms with van der Waals surface area (Å²) in [6, 6.07) is 18.6. The predicted octanol–water partition coefficient (Wildman–Crippen LogP) is 4.34. The van der Waals surface area contributed by atoms with Gasteiger partial charge in [-0.15, -0.1) is 11.3 Å². The van der Waals surface area contributed by atoms with Crippen LogP contribution in [0.5, 0.6) is 0 Å². The highest BCUT2D eigenvalue weighted by Crippen LogP contribution is 2.30. The fourth-order valence-corrected chi connectivity index (χ4v) is 4.26. The maximum absolute atomic E-state index is 12.9. The van der Waals surface area contributed by atoms with Crippen molar-refractivity contribution in [3.05, 3.63) is 89.0 Å². The van der Waals surface area contributed by atoms with Crippen LogP contribution >= 0.6 is 11.3 Å². The van der Waals surface area contributed by atoms with E-state index in [1.807, 2.05) is 36.4 Å². The van der Waals surface area contributed by atoms with Crippen LogP contribution in [0.3, 0.4) is 0 Å². The molecule has 0 bridgehead atoms. The third-order valence-electron chi connectivity index (χ3n) is 4.77. The Hall–Kier alpha value is -4.04. The predicted molar refractivity (Wildman–Crippen MR) is 130 cm³/mol. The molecule has 0 fully saturated rings. The van der Waals surface area contributed by atoms with Gasteiger partial charge >= 0.3 is 5.97 Å². The van der Waals surface area contributed by atoms with E-state index in [1.54, 1.807) is 37.3 Å². The lowest BCUT2D eigenvalue weighted by Gasteiger charge is -2.07. The molecule has 2 heterocycles. The van der Waals surface area contributed by atoms with E-state index < -0.39 is 5.97 Å². The first-order chi connectivity index (χ1) is 16.0. The fourth-order valence-electron chi connectivity index (χ4n) is 3.19. The van der Waals surface area contributed by atoms with Crippen molar-refractivity contribution >= 4 is 45.2 Å². The molecule has 166 valence electrons. The maximum Gasteiger partial charge on any atom is 0.330 e. The number of nitrogens with zero attached hydrogens (tertiary/aromatic N) is 2. The summed E-state index contributed by atoms with van der Waals surface area (Å²) in [5.74, 6) is -0.750. The van der Waals surface area contributed by atoms with Gasteiger partial charge in [-0.25, -0.2) is 9.78 Å². The molecule has 0 aliphatic rings. The van der Waals surface area contributed by atoms with E-state index in [0.717, 1.165) is 16.0 Å². The van der Waals surface area contributed by atoms with Gasteiger partial charge in [-0.2, -0.15) is 0 Å². The fraction of sp³-hybridized carbons (Fsp3) is 0.120. The normalized spacial score (nSPS) is 11.1. The molecule has 7 nitrogen and oxygen atoms in total. The van der Waals surface area contributed by atoms with Crippen molar-refractivity contribution in [2.45, 2.75) is 13.5 Å². The van der Waals surface area contributed by atoms with Gasteiger partial charge in [0.15, 0.2) is 0 Å². The van der Waals surface area contributed by atoms with E-state index in [2.05, 4.69) is 10.3 Å². The first-order valence-electron chi connectivity index (χ1n) is 10.3. The Morgan fingerprint density at radius 2 is 1.88 bits per heavy atom. The largest absolute Gasteiger partial charge is 0.463 e. The number of carbonyl (C=O) groups excluding carboxylic acids is 2. The molecule has 0 saturated heterocycles. The van der Waals surface area contributed by atoms with Crippen molar-refractivity contribution in [2.75, 3.05) is 11.9 Å². The number of rotatable bonds is 7. The zero-order valence-corrected chi connectivity index (χ0v) is 18.7. The quantitative estimate of drug-likeness (QED) is 0.328. The van der Waals surface area contributed by atoms with Crippen LogP contribution in [0, 0.1) is 0 Å². The summed E-state index contributed by atoms with van der Waals surface area (Å²) in [6.45, 7) is 1.92. The summed E-state index contributed by atoms with van der Waals surface area (Å²) in [4.78, 5) is 42.1. The first-order valence-corrected chi connectivity index (χ1v) is 11.1. The Balaban J connectivity index is 1.44. The second-order valence-corrected chi connectivity index (χ2v) is 8.18. The molecule has 4 aromatic rings. The van der Waals surface area contributed by atoms with E-state index in [-0.39, 0.29) is 18.0 Å². The number of benzene rings is 2. The Bertz CT molecular complexity index is 1370. The lowest BCUT2D eigenvalue weighted by molar-refractivity contribution is -0.137. The molecule has 0 unspecified atom stereocenters. The number of ether oxygens (including phenoxy) is 1. The Kier molecular flexibility index (Phi) is 6.75. The molecule has 1 N–H and O–H groups in total. The van der Waals surface area contributed by atoms with Crippen molar-refractivity contribution < 1.29 is 14.3 Å². The average molecular weight is 460 g/mol. The lowest BCUT2D eigenvalue weighted by Crippen LogP contribution is -2.27. The number of aromatic nitrogens is 2. The Morgan fingerprint density at radius 1 is 1.12 bits per heavy atom. The molecule has 2 aromatic heterocycles. The highest BCUT2D eigenvalue weighted by atomic mass is 32.1. The molecule has 8 heteroatoms. The average Bonchev–Trinajstić information content (AvgIpc) is 3.27. The number of carbonyl (C=O) groups is 2. The molecule has 33 heavy (non-hydrogen) atoms. The van der Waals surface area contributed by atoms with Gasteiger partial charge in [0.25, 0.3) is 5.56 Å². The molecule has 0 radical (unpaired) electrons. The van der Waals surface area contributed by atoms with Gasteiger partial charge in [-0.1, -0.05) is 42.5 Å². The van der Waals surface area contributed by atoms with Gasteiger partial charge in [-0.05, 0) is 42.3 Å². The molecule has 0 aliphatic heterocycles. The number of fused-ring (bicyclic) bond motifs is 1. The van der Waals surface area contributed by atoms with Crippen LogP contribution < -0.4 is 10.9 Å². The number of amides is 1. The number of hydrogen-bond acceptors (Lipinski definition) is 6. The van der Waals surface area contributed by atoms with E-state index in [9.17, 15) is 14.4 Å². The lowest BCUT2D eigenvalue weighted by atomic mass is 10.2. The number of hydrogen-bond donors (Lipinski definition) is 1. The van der Waals surface area contributed by atoms with Crippen LogP contribution in [-0.2, 0) is 20.9 Å². The second kappa shape index (κ2) is 10.1. The van der Waals surface area contributed by atoms with Gasteiger partial charge in [-0.3, -0.25) is 14.2 Å². The van der Waals surface area contributed by atoms with Crippen molar-refractivity contribution in [2.24, 2.45) is 0 Å². The van der Waals surface area contributed by atoms with Gasteiger partial charge in [0.1, 0.15) is 11.2 Å². The number of anilines is 1. The van der Waals surface area contributed by atoms with Gasteiger partial charge in [0.2, 0.25) is 5.91 Å². The summed E-state index contributed by atoms with van der Waals surface area (Å²) in [5.41, 5.74) is 2.76. The van der Waals surface area contributed by atoms with Gasteiger partial charge in [0.05, 0.1) is 18.5 Å². The van der Waals surface area contributed by atoms with Crippen LogP contribution in [0.25, 0.3) is 26.7 Å². The van der Waals surface area contributed by atoms with Crippen LogP contribution in [0.1, 0.15) is 12.5 Å². The van der Waals surface area contributed by atoms with E-state index in [4.69, 9.17) is 4.74 Å². The van der Waals surface area contributed by atoms with Crippen LogP contribution in [0.4, 0.5) is 5.69 Å². The minimum atomic E-state index is -0.410. The smallest absolute Gasteiger partial charge is 0.330 e. The number of thiophene rings is 1. The highest BCUT2D eigenvalue weighted by molar-refractivity contribution is 7.22. The SMILES string of the molecule is CCOC(=O)/C=C/c1ccc(NC(=O)Cn2cnc3cc(-c4ccccc4)sc3c2=O)cc1. The summed E-state index contributed by atoms with van der Waals surface area (Å²) in [6.07, 6.45) is 4.38. The molecular weight excluding hydrogens is 438 g/mol. The minimum Gasteiger partial charge on any atom is -0.463 e. The summed E-state index contributed by atoms with van der Waals surface area (Å²) in [7, 11) is 0.